The average molecular weight is 384 g/mol. The number of carboxylic acid groups (broad SMARTS) is 2. The molecule has 6 nitrogen and oxygen atoms in total. The SMILES string of the molecule is C=CC(=O)N(CCCCCCCCCCCCCCCC(=O)O)CC(=O)O. The van der Waals surface area contributed by atoms with Crippen molar-refractivity contribution in [1.82, 2.24) is 4.90 Å². The maximum absolute atomic E-state index is 11.6. The van der Waals surface area contributed by atoms with Crippen LogP contribution in [0.4, 0.5) is 0 Å². The van der Waals surface area contributed by atoms with Crippen molar-refractivity contribution < 1.29 is 24.6 Å². The third-order valence-electron chi connectivity index (χ3n) is 4.63. The minimum absolute atomic E-state index is 0.260. The average Bonchev–Trinajstić information content (AvgIpc) is 2.62. The van der Waals surface area contributed by atoms with Crippen LogP contribution < -0.4 is 0 Å². The Morgan fingerprint density at radius 2 is 1.07 bits per heavy atom. The van der Waals surface area contributed by atoms with Crippen LogP contribution in [0.3, 0.4) is 0 Å². The van der Waals surface area contributed by atoms with E-state index in [0.29, 0.717) is 13.0 Å². The van der Waals surface area contributed by atoms with Crippen LogP contribution in [-0.4, -0.2) is 46.0 Å². The molecule has 1 amide bonds. The number of aliphatic carboxylic acids is 2. The van der Waals surface area contributed by atoms with E-state index < -0.39 is 11.9 Å². The smallest absolute Gasteiger partial charge is 0.323 e. The second-order valence-electron chi connectivity index (χ2n) is 7.10. The van der Waals surface area contributed by atoms with Crippen molar-refractivity contribution in [2.45, 2.75) is 89.9 Å². The van der Waals surface area contributed by atoms with E-state index in [4.69, 9.17) is 10.2 Å². The Bertz CT molecular complexity index is 436. The molecule has 0 aliphatic carbocycles. The molecule has 0 bridgehead atoms. The maximum atomic E-state index is 11.6. The van der Waals surface area contributed by atoms with Crippen molar-refractivity contribution in [3.05, 3.63) is 12.7 Å². The van der Waals surface area contributed by atoms with E-state index in [1.165, 1.54) is 55.9 Å². The molecule has 0 aromatic heterocycles. The highest BCUT2D eigenvalue weighted by Crippen LogP contribution is 2.13. The second-order valence-corrected chi connectivity index (χ2v) is 7.10. The number of carbonyl (C=O) groups excluding carboxylic acids is 1. The fraction of sp³-hybridized carbons (Fsp3) is 0.762. The van der Waals surface area contributed by atoms with Gasteiger partial charge in [0.05, 0.1) is 0 Å². The van der Waals surface area contributed by atoms with Gasteiger partial charge in [0.15, 0.2) is 0 Å². The van der Waals surface area contributed by atoms with Crippen LogP contribution in [0.25, 0.3) is 0 Å². The van der Waals surface area contributed by atoms with Crippen molar-refractivity contribution >= 4 is 17.8 Å². The zero-order valence-electron chi connectivity index (χ0n) is 16.7. The summed E-state index contributed by atoms with van der Waals surface area (Å²) in [7, 11) is 0. The summed E-state index contributed by atoms with van der Waals surface area (Å²) in [5, 5.41) is 17.4. The van der Waals surface area contributed by atoms with E-state index in [-0.39, 0.29) is 12.5 Å². The van der Waals surface area contributed by atoms with Gasteiger partial charge in [-0.05, 0) is 18.9 Å². The summed E-state index contributed by atoms with van der Waals surface area (Å²) >= 11 is 0. The fourth-order valence-electron chi connectivity index (χ4n) is 3.08. The summed E-state index contributed by atoms with van der Waals surface area (Å²) in [6.45, 7) is 3.62. The highest BCUT2D eigenvalue weighted by Gasteiger charge is 2.13. The molecule has 0 aliphatic heterocycles. The van der Waals surface area contributed by atoms with Crippen molar-refractivity contribution in [1.29, 1.82) is 0 Å². The Kier molecular flexibility index (Phi) is 16.4. The molecular formula is C21H37NO5. The molecule has 0 heterocycles. The van der Waals surface area contributed by atoms with Crippen LogP contribution in [0.1, 0.15) is 89.9 Å². The molecule has 156 valence electrons. The minimum Gasteiger partial charge on any atom is -0.481 e. The summed E-state index contributed by atoms with van der Waals surface area (Å²) in [4.78, 5) is 34.0. The molecule has 0 aromatic rings. The molecule has 0 radical (unpaired) electrons. The van der Waals surface area contributed by atoms with Gasteiger partial charge in [0, 0.05) is 13.0 Å². The Balaban J connectivity index is 3.39. The summed E-state index contributed by atoms with van der Waals surface area (Å²) in [5.41, 5.74) is 0. The Hall–Kier alpha value is -1.85. The van der Waals surface area contributed by atoms with Crippen molar-refractivity contribution in [3.8, 4) is 0 Å². The van der Waals surface area contributed by atoms with Gasteiger partial charge in [0.2, 0.25) is 5.91 Å². The summed E-state index contributed by atoms with van der Waals surface area (Å²) in [5.74, 6) is -2.01. The van der Waals surface area contributed by atoms with Gasteiger partial charge in [-0.15, -0.1) is 0 Å². The highest BCUT2D eigenvalue weighted by molar-refractivity contribution is 5.89. The molecule has 0 saturated heterocycles. The Morgan fingerprint density at radius 3 is 1.44 bits per heavy atom. The number of unbranched alkanes of at least 4 members (excludes halogenated alkanes) is 12. The predicted molar refractivity (Wildman–Crippen MR) is 107 cm³/mol. The molecule has 6 heteroatoms. The first-order chi connectivity index (χ1) is 13.0. The predicted octanol–water partition coefficient (Wildman–Crippen LogP) is 4.63. The van der Waals surface area contributed by atoms with Gasteiger partial charge in [0.1, 0.15) is 6.54 Å². The number of carbonyl (C=O) groups is 3. The minimum atomic E-state index is -0.995. The first kappa shape index (κ1) is 25.1. The van der Waals surface area contributed by atoms with Crippen LogP contribution >= 0.6 is 0 Å². The van der Waals surface area contributed by atoms with E-state index >= 15 is 0 Å². The molecule has 27 heavy (non-hydrogen) atoms. The second kappa shape index (κ2) is 17.6. The molecule has 0 unspecified atom stereocenters. The number of amides is 1. The molecule has 0 spiro atoms. The molecule has 2 N–H and O–H groups in total. The van der Waals surface area contributed by atoms with E-state index in [9.17, 15) is 14.4 Å². The Morgan fingerprint density at radius 1 is 0.667 bits per heavy atom. The normalized spacial score (nSPS) is 10.5. The lowest BCUT2D eigenvalue weighted by Crippen LogP contribution is -2.35. The maximum Gasteiger partial charge on any atom is 0.323 e. The third-order valence-corrected chi connectivity index (χ3v) is 4.63. The number of hydrogen-bond acceptors (Lipinski definition) is 3. The quantitative estimate of drug-likeness (QED) is 0.250. The van der Waals surface area contributed by atoms with Crippen LogP contribution in [0.5, 0.6) is 0 Å². The van der Waals surface area contributed by atoms with Crippen molar-refractivity contribution in [2.24, 2.45) is 0 Å². The molecule has 0 rings (SSSR count). The zero-order chi connectivity index (χ0) is 20.3. The van der Waals surface area contributed by atoms with Gasteiger partial charge < -0.3 is 15.1 Å². The van der Waals surface area contributed by atoms with Gasteiger partial charge in [-0.1, -0.05) is 77.2 Å². The monoisotopic (exact) mass is 383 g/mol. The van der Waals surface area contributed by atoms with Gasteiger partial charge in [0.25, 0.3) is 0 Å². The molecule has 0 saturated carbocycles. The first-order valence-corrected chi connectivity index (χ1v) is 10.3. The Labute approximate surface area is 163 Å². The van der Waals surface area contributed by atoms with Gasteiger partial charge in [-0.3, -0.25) is 14.4 Å². The first-order valence-electron chi connectivity index (χ1n) is 10.3. The lowest BCUT2D eigenvalue weighted by molar-refractivity contribution is -0.142. The van der Waals surface area contributed by atoms with Crippen LogP contribution in [0.2, 0.25) is 0 Å². The summed E-state index contributed by atoms with van der Waals surface area (Å²) in [6.07, 6.45) is 16.0. The lowest BCUT2D eigenvalue weighted by Gasteiger charge is -2.18. The molecule has 0 atom stereocenters. The van der Waals surface area contributed by atoms with Crippen molar-refractivity contribution in [2.75, 3.05) is 13.1 Å². The lowest BCUT2D eigenvalue weighted by atomic mass is 10.0. The number of nitrogens with zero attached hydrogens (tertiary/aromatic N) is 1. The molecule has 0 fully saturated rings. The van der Waals surface area contributed by atoms with Crippen LogP contribution in [0, 0.1) is 0 Å². The topological polar surface area (TPSA) is 94.9 Å². The van der Waals surface area contributed by atoms with E-state index in [2.05, 4.69) is 6.58 Å². The summed E-state index contributed by atoms with van der Waals surface area (Å²) in [6, 6.07) is 0. The van der Waals surface area contributed by atoms with Crippen LogP contribution in [-0.2, 0) is 14.4 Å². The van der Waals surface area contributed by atoms with Crippen LogP contribution in [0.15, 0.2) is 12.7 Å². The van der Waals surface area contributed by atoms with Gasteiger partial charge in [-0.2, -0.15) is 0 Å². The summed E-state index contributed by atoms with van der Waals surface area (Å²) < 4.78 is 0. The van der Waals surface area contributed by atoms with Crippen molar-refractivity contribution in [3.63, 3.8) is 0 Å². The third kappa shape index (κ3) is 17.3. The van der Waals surface area contributed by atoms with E-state index in [1.807, 2.05) is 0 Å². The number of rotatable bonds is 19. The van der Waals surface area contributed by atoms with E-state index in [1.54, 1.807) is 0 Å². The molecule has 0 aromatic carbocycles. The fourth-order valence-corrected chi connectivity index (χ4v) is 3.08. The highest BCUT2D eigenvalue weighted by atomic mass is 16.4. The number of hydrogen-bond donors (Lipinski definition) is 2. The largest absolute Gasteiger partial charge is 0.481 e. The zero-order valence-corrected chi connectivity index (χ0v) is 16.7. The van der Waals surface area contributed by atoms with Gasteiger partial charge in [-0.25, -0.2) is 0 Å². The standard InChI is InChI=1S/C21H37NO5/c1-2-19(23)22(18-21(26)27)17-15-13-11-9-7-5-3-4-6-8-10-12-14-16-20(24)25/h2H,1,3-18H2,(H,24,25)(H,26,27). The molecule has 0 aliphatic rings. The van der Waals surface area contributed by atoms with Gasteiger partial charge >= 0.3 is 11.9 Å². The number of carboxylic acids is 2. The molecular weight excluding hydrogens is 346 g/mol. The van der Waals surface area contributed by atoms with E-state index in [0.717, 1.165) is 38.5 Å².